The second-order valence-corrected chi connectivity index (χ2v) is 6.74. The number of aliphatic hydroxyl groups is 1. The minimum Gasteiger partial charge on any atom is -0.396 e. The molecule has 0 rings (SSSR count). The topological polar surface area (TPSA) is 40.5 Å². The van der Waals surface area contributed by atoms with Crippen molar-refractivity contribution < 1.29 is 9.90 Å². The zero-order chi connectivity index (χ0) is 15.4. The van der Waals surface area contributed by atoms with Crippen molar-refractivity contribution >= 4 is 5.91 Å². The first-order valence-corrected chi connectivity index (χ1v) is 8.33. The number of nitrogens with zero attached hydrogens (tertiary/aromatic N) is 1. The Morgan fingerprint density at radius 2 is 1.40 bits per heavy atom. The van der Waals surface area contributed by atoms with Crippen molar-refractivity contribution in [2.45, 2.75) is 79.1 Å². The molecule has 0 aliphatic carbocycles. The van der Waals surface area contributed by atoms with Gasteiger partial charge in [-0.1, -0.05) is 66.2 Å². The number of carbonyl (C=O) groups is 1. The molecule has 0 aliphatic heterocycles. The Morgan fingerprint density at radius 3 is 1.90 bits per heavy atom. The van der Waals surface area contributed by atoms with E-state index >= 15 is 0 Å². The van der Waals surface area contributed by atoms with Crippen LogP contribution in [-0.2, 0) is 4.79 Å². The lowest BCUT2D eigenvalue weighted by atomic mass is 9.94. The van der Waals surface area contributed by atoms with Crippen LogP contribution in [0.15, 0.2) is 0 Å². The highest BCUT2D eigenvalue weighted by Gasteiger charge is 2.26. The number of hydrogen-bond acceptors (Lipinski definition) is 2. The van der Waals surface area contributed by atoms with Crippen LogP contribution in [0.4, 0.5) is 0 Å². The van der Waals surface area contributed by atoms with Crippen LogP contribution in [0.2, 0.25) is 0 Å². The molecule has 0 aromatic carbocycles. The highest BCUT2D eigenvalue weighted by atomic mass is 16.3. The molecular weight excluding hydrogens is 250 g/mol. The van der Waals surface area contributed by atoms with E-state index in [0.29, 0.717) is 13.0 Å². The highest BCUT2D eigenvalue weighted by molar-refractivity contribution is 5.81. The van der Waals surface area contributed by atoms with E-state index in [0.717, 1.165) is 13.0 Å². The average Bonchev–Trinajstić information content (AvgIpc) is 2.39. The summed E-state index contributed by atoms with van der Waals surface area (Å²) in [5.41, 5.74) is -0.323. The van der Waals surface area contributed by atoms with Gasteiger partial charge >= 0.3 is 0 Å². The molecule has 0 bridgehead atoms. The van der Waals surface area contributed by atoms with Crippen LogP contribution < -0.4 is 0 Å². The predicted molar refractivity (Wildman–Crippen MR) is 85.7 cm³/mol. The normalized spacial score (nSPS) is 11.7. The summed E-state index contributed by atoms with van der Waals surface area (Å²) in [6, 6.07) is 0. The number of aliphatic hydroxyl groups excluding tert-OH is 1. The molecule has 0 radical (unpaired) electrons. The number of unbranched alkanes of at least 4 members (excludes halogenated alkanes) is 6. The summed E-state index contributed by atoms with van der Waals surface area (Å²) in [6.07, 6.45) is 9.52. The quantitative estimate of drug-likeness (QED) is 0.583. The predicted octanol–water partition coefficient (Wildman–Crippen LogP) is 3.99. The Labute approximate surface area is 125 Å². The van der Waals surface area contributed by atoms with Gasteiger partial charge in [0.05, 0.1) is 0 Å². The monoisotopic (exact) mass is 285 g/mol. The van der Waals surface area contributed by atoms with E-state index in [2.05, 4.69) is 6.92 Å². The van der Waals surface area contributed by atoms with Gasteiger partial charge in [-0.3, -0.25) is 4.79 Å². The Bertz CT molecular complexity index is 246. The smallest absolute Gasteiger partial charge is 0.227 e. The van der Waals surface area contributed by atoms with Gasteiger partial charge in [-0.05, 0) is 12.8 Å². The molecule has 0 aromatic rings. The zero-order valence-corrected chi connectivity index (χ0v) is 14.1. The summed E-state index contributed by atoms with van der Waals surface area (Å²) in [7, 11) is 0. The Balaban J connectivity index is 3.96. The fourth-order valence-electron chi connectivity index (χ4n) is 2.31. The molecule has 3 heteroatoms. The molecule has 3 nitrogen and oxygen atoms in total. The molecule has 1 amide bonds. The molecule has 0 aromatic heterocycles. The number of rotatable bonds is 11. The van der Waals surface area contributed by atoms with E-state index in [1.807, 2.05) is 25.7 Å². The van der Waals surface area contributed by atoms with Gasteiger partial charge in [0, 0.05) is 25.1 Å². The van der Waals surface area contributed by atoms with Crippen molar-refractivity contribution in [3.05, 3.63) is 0 Å². The first-order valence-electron chi connectivity index (χ1n) is 8.33. The maximum atomic E-state index is 12.3. The molecule has 120 valence electrons. The molecule has 1 N–H and O–H groups in total. The molecule has 0 spiro atoms. The van der Waals surface area contributed by atoms with E-state index < -0.39 is 0 Å². The van der Waals surface area contributed by atoms with Crippen LogP contribution in [0, 0.1) is 5.41 Å². The van der Waals surface area contributed by atoms with Crippen LogP contribution in [0.25, 0.3) is 0 Å². The first-order chi connectivity index (χ1) is 9.43. The van der Waals surface area contributed by atoms with Crippen LogP contribution in [0.3, 0.4) is 0 Å². The van der Waals surface area contributed by atoms with Crippen molar-refractivity contribution in [3.8, 4) is 0 Å². The number of hydrogen-bond donors (Lipinski definition) is 1. The van der Waals surface area contributed by atoms with Crippen LogP contribution in [0.5, 0.6) is 0 Å². The third-order valence-corrected chi connectivity index (χ3v) is 3.55. The van der Waals surface area contributed by atoms with E-state index in [-0.39, 0.29) is 17.9 Å². The number of amides is 1. The largest absolute Gasteiger partial charge is 0.396 e. The lowest BCUT2D eigenvalue weighted by Gasteiger charge is -2.29. The Kier molecular flexibility index (Phi) is 10.8. The average molecular weight is 285 g/mol. The van der Waals surface area contributed by atoms with Gasteiger partial charge in [0.25, 0.3) is 0 Å². The molecule has 0 fully saturated rings. The fourth-order valence-corrected chi connectivity index (χ4v) is 2.31. The molecule has 0 aliphatic rings. The summed E-state index contributed by atoms with van der Waals surface area (Å²) >= 11 is 0. The van der Waals surface area contributed by atoms with Gasteiger partial charge in [-0.25, -0.2) is 0 Å². The Morgan fingerprint density at radius 1 is 0.900 bits per heavy atom. The van der Waals surface area contributed by atoms with E-state index in [1.54, 1.807) is 0 Å². The van der Waals surface area contributed by atoms with E-state index in [4.69, 9.17) is 5.11 Å². The standard InChI is InChI=1S/C17H35NO2/c1-5-6-7-8-9-10-11-13-18(14-12-15-19)16(20)17(2,3)4/h19H,5-15H2,1-4H3. The maximum Gasteiger partial charge on any atom is 0.227 e. The molecule has 0 saturated carbocycles. The van der Waals surface area contributed by atoms with E-state index in [9.17, 15) is 4.79 Å². The summed E-state index contributed by atoms with van der Waals surface area (Å²) in [5.74, 6) is 0.205. The summed E-state index contributed by atoms with van der Waals surface area (Å²) in [4.78, 5) is 14.3. The third kappa shape index (κ3) is 9.35. The molecule has 0 unspecified atom stereocenters. The minimum atomic E-state index is -0.323. The first kappa shape index (κ1) is 19.4. The SMILES string of the molecule is CCCCCCCCCN(CCCO)C(=O)C(C)(C)C. The molecule has 0 heterocycles. The third-order valence-electron chi connectivity index (χ3n) is 3.55. The van der Waals surface area contributed by atoms with Crippen LogP contribution in [-0.4, -0.2) is 35.6 Å². The second-order valence-electron chi connectivity index (χ2n) is 6.74. The van der Waals surface area contributed by atoms with Crippen molar-refractivity contribution in [3.63, 3.8) is 0 Å². The van der Waals surface area contributed by atoms with Gasteiger partial charge in [-0.2, -0.15) is 0 Å². The molecular formula is C17H35NO2. The zero-order valence-electron chi connectivity index (χ0n) is 14.1. The van der Waals surface area contributed by atoms with E-state index in [1.165, 1.54) is 38.5 Å². The molecule has 0 atom stereocenters. The van der Waals surface area contributed by atoms with Gasteiger partial charge in [0.1, 0.15) is 0 Å². The Hall–Kier alpha value is -0.570. The van der Waals surface area contributed by atoms with Crippen molar-refractivity contribution in [2.75, 3.05) is 19.7 Å². The van der Waals surface area contributed by atoms with Gasteiger partial charge in [-0.15, -0.1) is 0 Å². The fraction of sp³-hybridized carbons (Fsp3) is 0.941. The van der Waals surface area contributed by atoms with Crippen LogP contribution >= 0.6 is 0 Å². The van der Waals surface area contributed by atoms with Gasteiger partial charge in [0.2, 0.25) is 5.91 Å². The van der Waals surface area contributed by atoms with Crippen molar-refractivity contribution in [2.24, 2.45) is 5.41 Å². The van der Waals surface area contributed by atoms with Crippen molar-refractivity contribution in [1.29, 1.82) is 0 Å². The minimum absolute atomic E-state index is 0.158. The lowest BCUT2D eigenvalue weighted by molar-refractivity contribution is -0.139. The summed E-state index contributed by atoms with van der Waals surface area (Å²) < 4.78 is 0. The van der Waals surface area contributed by atoms with Crippen LogP contribution in [0.1, 0.15) is 79.1 Å². The summed E-state index contributed by atoms with van der Waals surface area (Å²) in [5, 5.41) is 8.95. The summed E-state index contributed by atoms with van der Waals surface area (Å²) in [6.45, 7) is 9.80. The highest BCUT2D eigenvalue weighted by Crippen LogP contribution is 2.18. The lowest BCUT2D eigenvalue weighted by Crippen LogP contribution is -2.40. The second kappa shape index (κ2) is 11.1. The number of carbonyl (C=O) groups excluding carboxylic acids is 1. The van der Waals surface area contributed by atoms with Crippen molar-refractivity contribution in [1.82, 2.24) is 4.90 Å². The maximum absolute atomic E-state index is 12.3. The van der Waals surface area contributed by atoms with Gasteiger partial charge in [0.15, 0.2) is 0 Å². The molecule has 0 saturated heterocycles. The van der Waals surface area contributed by atoms with Gasteiger partial charge < -0.3 is 10.0 Å². The molecule has 20 heavy (non-hydrogen) atoms.